The van der Waals surface area contributed by atoms with Gasteiger partial charge in [-0.15, -0.1) is 0 Å². The van der Waals surface area contributed by atoms with Crippen molar-refractivity contribution in [3.8, 4) is 0 Å². The first-order valence-electron chi connectivity index (χ1n) is 3.42. The van der Waals surface area contributed by atoms with Gasteiger partial charge in [0.2, 0.25) is 0 Å². The molecule has 1 rings (SSSR count). The van der Waals surface area contributed by atoms with Crippen molar-refractivity contribution in [2.45, 2.75) is 19.4 Å². The molecule has 0 aliphatic carbocycles. The third-order valence-corrected chi connectivity index (χ3v) is 1.81. The van der Waals surface area contributed by atoms with Crippen LogP contribution in [-0.2, 0) is 10.4 Å². The molecule has 1 aromatic heterocycles. The minimum Gasteiger partial charge on any atom is -0.376 e. The van der Waals surface area contributed by atoms with Crippen LogP contribution in [-0.4, -0.2) is 15.9 Å². The minimum absolute atomic E-state index is 0.264. The number of aromatic amines is 1. The summed E-state index contributed by atoms with van der Waals surface area (Å²) in [6.07, 6.45) is 1.67. The van der Waals surface area contributed by atoms with Gasteiger partial charge in [-0.3, -0.25) is 4.79 Å². The fraction of sp³-hybridized carbons (Fsp3) is 0.375. The van der Waals surface area contributed by atoms with E-state index in [1.54, 1.807) is 18.3 Å². The van der Waals surface area contributed by atoms with Crippen molar-refractivity contribution < 1.29 is 9.90 Å². The maximum Gasteiger partial charge on any atom is 0.167 e. The number of carbonyl (C=O) groups is 1. The number of H-pyrrole nitrogens is 1. The van der Waals surface area contributed by atoms with E-state index in [9.17, 15) is 9.90 Å². The van der Waals surface area contributed by atoms with Crippen LogP contribution in [0.3, 0.4) is 0 Å². The van der Waals surface area contributed by atoms with Crippen molar-refractivity contribution in [1.82, 2.24) is 4.98 Å². The number of rotatable bonds is 2. The molecule has 2 N–H and O–H groups in total. The lowest BCUT2D eigenvalue weighted by atomic mass is 9.98. The van der Waals surface area contributed by atoms with E-state index in [0.717, 1.165) is 0 Å². The smallest absolute Gasteiger partial charge is 0.167 e. The molecule has 1 atom stereocenters. The number of aromatic nitrogens is 1. The molecular weight excluding hydrogens is 142 g/mol. The molecule has 0 fully saturated rings. The predicted molar refractivity (Wildman–Crippen MR) is 41.0 cm³/mol. The van der Waals surface area contributed by atoms with Gasteiger partial charge in [0.1, 0.15) is 0 Å². The van der Waals surface area contributed by atoms with Gasteiger partial charge in [0.15, 0.2) is 11.4 Å². The summed E-state index contributed by atoms with van der Waals surface area (Å²) >= 11 is 0. The molecular formula is C8H11NO2. The Kier molecular flexibility index (Phi) is 1.83. The van der Waals surface area contributed by atoms with Gasteiger partial charge < -0.3 is 10.1 Å². The van der Waals surface area contributed by atoms with Crippen molar-refractivity contribution in [3.63, 3.8) is 0 Å². The molecule has 0 bridgehead atoms. The summed E-state index contributed by atoms with van der Waals surface area (Å²) in [5, 5.41) is 9.57. The van der Waals surface area contributed by atoms with Crippen LogP contribution in [0.1, 0.15) is 19.5 Å². The first-order valence-corrected chi connectivity index (χ1v) is 3.42. The van der Waals surface area contributed by atoms with Gasteiger partial charge in [0.25, 0.3) is 0 Å². The molecule has 3 nitrogen and oxygen atoms in total. The van der Waals surface area contributed by atoms with E-state index in [4.69, 9.17) is 0 Å². The van der Waals surface area contributed by atoms with Crippen molar-refractivity contribution in [2.75, 3.05) is 0 Å². The summed E-state index contributed by atoms with van der Waals surface area (Å²) in [5.41, 5.74) is -0.839. The van der Waals surface area contributed by atoms with Gasteiger partial charge in [0, 0.05) is 6.20 Å². The van der Waals surface area contributed by atoms with E-state index in [0.29, 0.717) is 5.69 Å². The third-order valence-electron chi connectivity index (χ3n) is 1.81. The monoisotopic (exact) mass is 153 g/mol. The van der Waals surface area contributed by atoms with Crippen LogP contribution in [0, 0.1) is 0 Å². The average Bonchev–Trinajstić information content (AvgIpc) is 2.37. The highest BCUT2D eigenvalue weighted by molar-refractivity contribution is 5.85. The second-order valence-electron chi connectivity index (χ2n) is 2.71. The zero-order valence-electron chi connectivity index (χ0n) is 6.59. The van der Waals surface area contributed by atoms with Crippen molar-refractivity contribution in [3.05, 3.63) is 24.0 Å². The van der Waals surface area contributed by atoms with Crippen LogP contribution < -0.4 is 0 Å². The molecule has 0 unspecified atom stereocenters. The lowest BCUT2D eigenvalue weighted by molar-refractivity contribution is -0.134. The number of carbonyl (C=O) groups excluding carboxylic acids is 1. The molecule has 0 saturated heterocycles. The fourth-order valence-electron chi connectivity index (χ4n) is 0.823. The van der Waals surface area contributed by atoms with Crippen molar-refractivity contribution in [1.29, 1.82) is 0 Å². The molecule has 0 spiro atoms. The van der Waals surface area contributed by atoms with Crippen LogP contribution >= 0.6 is 0 Å². The van der Waals surface area contributed by atoms with Gasteiger partial charge in [-0.1, -0.05) is 0 Å². The summed E-state index contributed by atoms with van der Waals surface area (Å²) in [6, 6.07) is 3.42. The van der Waals surface area contributed by atoms with Gasteiger partial charge in [-0.2, -0.15) is 0 Å². The molecule has 0 aliphatic rings. The average molecular weight is 153 g/mol. The molecule has 60 valence electrons. The van der Waals surface area contributed by atoms with E-state index in [2.05, 4.69) is 4.98 Å². The Hall–Kier alpha value is -1.09. The summed E-state index contributed by atoms with van der Waals surface area (Å²) in [7, 11) is 0. The normalized spacial score (nSPS) is 15.9. The van der Waals surface area contributed by atoms with Gasteiger partial charge in [0.05, 0.1) is 5.69 Å². The lowest BCUT2D eigenvalue weighted by Gasteiger charge is -2.17. The minimum atomic E-state index is -1.37. The summed E-state index contributed by atoms with van der Waals surface area (Å²) < 4.78 is 0. The highest BCUT2D eigenvalue weighted by atomic mass is 16.3. The summed E-state index contributed by atoms with van der Waals surface area (Å²) in [4.78, 5) is 13.7. The Morgan fingerprint density at radius 2 is 2.36 bits per heavy atom. The number of hydrogen-bond acceptors (Lipinski definition) is 2. The lowest BCUT2D eigenvalue weighted by Crippen LogP contribution is -2.30. The molecule has 0 radical (unpaired) electrons. The number of nitrogens with one attached hydrogen (secondary N) is 1. The Labute approximate surface area is 65.1 Å². The van der Waals surface area contributed by atoms with Gasteiger partial charge in [-0.25, -0.2) is 0 Å². The van der Waals surface area contributed by atoms with Crippen LogP contribution in [0.2, 0.25) is 0 Å². The number of Topliss-reactive ketones (excluding diaryl/α,β-unsaturated/α-hetero) is 1. The maximum absolute atomic E-state index is 10.9. The third kappa shape index (κ3) is 1.33. The second kappa shape index (κ2) is 2.51. The first kappa shape index (κ1) is 8.01. The van der Waals surface area contributed by atoms with E-state index in [-0.39, 0.29) is 5.78 Å². The van der Waals surface area contributed by atoms with Crippen molar-refractivity contribution in [2.24, 2.45) is 0 Å². The largest absolute Gasteiger partial charge is 0.376 e. The topological polar surface area (TPSA) is 53.1 Å². The quantitative estimate of drug-likeness (QED) is 0.660. The molecule has 0 aliphatic heterocycles. The maximum atomic E-state index is 10.9. The van der Waals surface area contributed by atoms with E-state index in [1.165, 1.54) is 13.8 Å². The van der Waals surface area contributed by atoms with Gasteiger partial charge >= 0.3 is 0 Å². The molecule has 1 heterocycles. The molecule has 0 amide bonds. The number of hydrogen-bond donors (Lipinski definition) is 2. The summed E-state index contributed by atoms with van der Waals surface area (Å²) in [5.74, 6) is -0.264. The van der Waals surface area contributed by atoms with Crippen LogP contribution in [0.4, 0.5) is 0 Å². The Balaban J connectivity index is 3.00. The highest BCUT2D eigenvalue weighted by Crippen LogP contribution is 2.18. The van der Waals surface area contributed by atoms with E-state index >= 15 is 0 Å². The molecule has 3 heteroatoms. The molecule has 11 heavy (non-hydrogen) atoms. The molecule has 1 aromatic rings. The SMILES string of the molecule is CC(=O)[C@](C)(O)c1ccc[nH]1. The fourth-order valence-corrected chi connectivity index (χ4v) is 0.823. The number of aliphatic hydroxyl groups is 1. The number of ketones is 1. The predicted octanol–water partition coefficient (Wildman–Crippen LogP) is 0.811. The zero-order chi connectivity index (χ0) is 8.48. The second-order valence-corrected chi connectivity index (χ2v) is 2.71. The highest BCUT2D eigenvalue weighted by Gasteiger charge is 2.29. The standard InChI is InChI=1S/C8H11NO2/c1-6(10)8(2,11)7-4-3-5-9-7/h3-5,9,11H,1-2H3/t8-/m0/s1. The van der Waals surface area contributed by atoms with Crippen LogP contribution in [0.15, 0.2) is 18.3 Å². The molecule has 0 aromatic carbocycles. The van der Waals surface area contributed by atoms with Crippen molar-refractivity contribution >= 4 is 5.78 Å². The molecule has 0 saturated carbocycles. The van der Waals surface area contributed by atoms with E-state index in [1.807, 2.05) is 0 Å². The Bertz CT molecular complexity index is 249. The van der Waals surface area contributed by atoms with Crippen LogP contribution in [0.25, 0.3) is 0 Å². The Morgan fingerprint density at radius 3 is 2.73 bits per heavy atom. The van der Waals surface area contributed by atoms with E-state index < -0.39 is 5.60 Å². The zero-order valence-corrected chi connectivity index (χ0v) is 6.59. The Morgan fingerprint density at radius 1 is 1.73 bits per heavy atom. The summed E-state index contributed by atoms with van der Waals surface area (Å²) in [6.45, 7) is 2.84. The van der Waals surface area contributed by atoms with Crippen LogP contribution in [0.5, 0.6) is 0 Å². The van der Waals surface area contributed by atoms with Gasteiger partial charge in [-0.05, 0) is 26.0 Å². The first-order chi connectivity index (χ1) is 5.05.